The van der Waals surface area contributed by atoms with E-state index in [0.29, 0.717) is 12.5 Å². The van der Waals surface area contributed by atoms with Gasteiger partial charge < -0.3 is 14.2 Å². The normalized spacial score (nSPS) is 14.9. The van der Waals surface area contributed by atoms with E-state index in [1.54, 1.807) is 0 Å². The van der Waals surface area contributed by atoms with Gasteiger partial charge >= 0.3 is 0 Å². The molecule has 0 unspecified atom stereocenters. The zero-order valence-electron chi connectivity index (χ0n) is 16.3. The molecule has 1 aliphatic rings. The smallest absolute Gasteiger partial charge is 0.253 e. The Bertz CT molecular complexity index is 913. The van der Waals surface area contributed by atoms with Crippen molar-refractivity contribution in [1.82, 2.24) is 9.47 Å². The standard InChI is InChI=1S/C24H25ClN2O2/c25-22-7-3-19(4-8-22)17-29-18-20-11-15-27(16-12-20)24(28)21-5-9-23(10-6-21)26-13-1-2-14-26/h1-10,13-14,20H,11-12,15-18H2. The Balaban J connectivity index is 1.23. The highest BCUT2D eigenvalue weighted by Gasteiger charge is 2.23. The van der Waals surface area contributed by atoms with Crippen LogP contribution in [-0.2, 0) is 11.3 Å². The fraction of sp³-hybridized carbons (Fsp3) is 0.292. The van der Waals surface area contributed by atoms with Crippen LogP contribution < -0.4 is 0 Å². The van der Waals surface area contributed by atoms with E-state index in [9.17, 15) is 4.79 Å². The molecule has 3 aromatic rings. The van der Waals surface area contributed by atoms with Gasteiger partial charge in [-0.15, -0.1) is 0 Å². The second kappa shape index (κ2) is 9.29. The minimum atomic E-state index is 0.115. The first-order chi connectivity index (χ1) is 14.2. The van der Waals surface area contributed by atoms with Gasteiger partial charge in [-0.25, -0.2) is 0 Å². The minimum Gasteiger partial charge on any atom is -0.376 e. The summed E-state index contributed by atoms with van der Waals surface area (Å²) in [6.45, 7) is 2.90. The zero-order valence-corrected chi connectivity index (χ0v) is 17.1. The van der Waals surface area contributed by atoms with Gasteiger partial charge in [-0.1, -0.05) is 23.7 Å². The van der Waals surface area contributed by atoms with Gasteiger partial charge in [-0.2, -0.15) is 0 Å². The van der Waals surface area contributed by atoms with Crippen molar-refractivity contribution in [3.63, 3.8) is 0 Å². The van der Waals surface area contributed by atoms with E-state index in [-0.39, 0.29) is 5.91 Å². The van der Waals surface area contributed by atoms with Crippen molar-refractivity contribution in [2.24, 2.45) is 5.92 Å². The van der Waals surface area contributed by atoms with Crippen LogP contribution in [0.1, 0.15) is 28.8 Å². The topological polar surface area (TPSA) is 34.5 Å². The Morgan fingerprint density at radius 1 is 0.966 bits per heavy atom. The molecule has 150 valence electrons. The van der Waals surface area contributed by atoms with Gasteiger partial charge in [0.25, 0.3) is 5.91 Å². The predicted octanol–water partition coefficient (Wildman–Crippen LogP) is 5.20. The molecule has 0 N–H and O–H groups in total. The number of aromatic nitrogens is 1. The number of nitrogens with zero attached hydrogens (tertiary/aromatic N) is 2. The van der Waals surface area contributed by atoms with Crippen molar-refractivity contribution in [2.75, 3.05) is 19.7 Å². The lowest BCUT2D eigenvalue weighted by Gasteiger charge is -2.32. The number of amides is 1. The van der Waals surface area contributed by atoms with E-state index >= 15 is 0 Å². The Morgan fingerprint density at radius 3 is 2.28 bits per heavy atom. The largest absolute Gasteiger partial charge is 0.376 e. The fourth-order valence-electron chi connectivity index (χ4n) is 3.69. The number of hydrogen-bond donors (Lipinski definition) is 0. The van der Waals surface area contributed by atoms with Crippen LogP contribution in [0.3, 0.4) is 0 Å². The van der Waals surface area contributed by atoms with Crippen molar-refractivity contribution >= 4 is 17.5 Å². The molecule has 0 bridgehead atoms. The van der Waals surface area contributed by atoms with Crippen LogP contribution in [-0.4, -0.2) is 35.1 Å². The Labute approximate surface area is 176 Å². The number of ether oxygens (including phenoxy) is 1. The summed E-state index contributed by atoms with van der Waals surface area (Å²) in [6, 6.07) is 19.5. The second-order valence-corrected chi connectivity index (χ2v) is 7.95. The molecule has 2 aromatic carbocycles. The highest BCUT2D eigenvalue weighted by Crippen LogP contribution is 2.21. The molecule has 29 heavy (non-hydrogen) atoms. The number of carbonyl (C=O) groups excluding carboxylic acids is 1. The number of likely N-dealkylation sites (tertiary alicyclic amines) is 1. The summed E-state index contributed by atoms with van der Waals surface area (Å²) in [5, 5.41) is 0.741. The van der Waals surface area contributed by atoms with E-state index in [1.165, 1.54) is 0 Å². The number of carbonyl (C=O) groups is 1. The highest BCUT2D eigenvalue weighted by molar-refractivity contribution is 6.30. The third-order valence-corrected chi connectivity index (χ3v) is 5.71. The van der Waals surface area contributed by atoms with Crippen LogP contribution in [0.5, 0.6) is 0 Å². The van der Waals surface area contributed by atoms with Crippen LogP contribution in [0.2, 0.25) is 5.02 Å². The molecule has 0 saturated carbocycles. The summed E-state index contributed by atoms with van der Waals surface area (Å²) in [7, 11) is 0. The van der Waals surface area contributed by atoms with Gasteiger partial charge in [0.2, 0.25) is 0 Å². The fourth-order valence-corrected chi connectivity index (χ4v) is 3.82. The average molecular weight is 409 g/mol. The molecule has 2 heterocycles. The van der Waals surface area contributed by atoms with Crippen LogP contribution >= 0.6 is 11.6 Å². The maximum absolute atomic E-state index is 12.8. The Kier molecular flexibility index (Phi) is 6.33. The Hall–Kier alpha value is -2.56. The van der Waals surface area contributed by atoms with Gasteiger partial charge in [0.1, 0.15) is 0 Å². The van der Waals surface area contributed by atoms with E-state index in [0.717, 1.165) is 54.4 Å². The van der Waals surface area contributed by atoms with Crippen LogP contribution in [0.15, 0.2) is 73.1 Å². The summed E-state index contributed by atoms with van der Waals surface area (Å²) in [5.41, 5.74) is 2.94. The summed E-state index contributed by atoms with van der Waals surface area (Å²) in [4.78, 5) is 14.8. The first kappa shape index (κ1) is 19.7. The maximum atomic E-state index is 12.8. The molecule has 4 rings (SSSR count). The first-order valence-corrected chi connectivity index (χ1v) is 10.4. The monoisotopic (exact) mass is 408 g/mol. The first-order valence-electron chi connectivity index (χ1n) is 10.0. The number of piperidine rings is 1. The van der Waals surface area contributed by atoms with Gasteiger partial charge in [0.15, 0.2) is 0 Å². The molecule has 1 fully saturated rings. The molecule has 0 spiro atoms. The summed E-state index contributed by atoms with van der Waals surface area (Å²) < 4.78 is 7.91. The third-order valence-electron chi connectivity index (χ3n) is 5.45. The third kappa shape index (κ3) is 5.08. The molecule has 4 nitrogen and oxygen atoms in total. The minimum absolute atomic E-state index is 0.115. The molecular weight excluding hydrogens is 384 g/mol. The van der Waals surface area contributed by atoms with Crippen molar-refractivity contribution in [3.8, 4) is 5.69 Å². The second-order valence-electron chi connectivity index (χ2n) is 7.51. The van der Waals surface area contributed by atoms with Crippen molar-refractivity contribution in [2.45, 2.75) is 19.4 Å². The lowest BCUT2D eigenvalue weighted by atomic mass is 9.97. The van der Waals surface area contributed by atoms with Gasteiger partial charge in [-0.05, 0) is 72.9 Å². The van der Waals surface area contributed by atoms with Crippen molar-refractivity contribution < 1.29 is 9.53 Å². The van der Waals surface area contributed by atoms with Crippen molar-refractivity contribution in [1.29, 1.82) is 0 Å². The molecule has 1 amide bonds. The molecule has 0 radical (unpaired) electrons. The van der Waals surface area contributed by atoms with Crippen molar-refractivity contribution in [3.05, 3.63) is 89.2 Å². The van der Waals surface area contributed by atoms with Gasteiger partial charge in [0, 0.05) is 48.4 Å². The summed E-state index contributed by atoms with van der Waals surface area (Å²) in [6.07, 6.45) is 5.95. The van der Waals surface area contributed by atoms with E-state index < -0.39 is 0 Å². The maximum Gasteiger partial charge on any atom is 0.253 e. The predicted molar refractivity (Wildman–Crippen MR) is 116 cm³/mol. The van der Waals surface area contributed by atoms with Gasteiger partial charge in [-0.3, -0.25) is 4.79 Å². The number of halogens is 1. The molecule has 1 saturated heterocycles. The van der Waals surface area contributed by atoms with E-state index in [4.69, 9.17) is 16.3 Å². The summed E-state index contributed by atoms with van der Waals surface area (Å²) in [5.74, 6) is 0.618. The quantitative estimate of drug-likeness (QED) is 0.561. The lowest BCUT2D eigenvalue weighted by Crippen LogP contribution is -2.39. The van der Waals surface area contributed by atoms with Crippen LogP contribution in [0.4, 0.5) is 0 Å². The zero-order chi connectivity index (χ0) is 20.1. The molecule has 5 heteroatoms. The lowest BCUT2D eigenvalue weighted by molar-refractivity contribution is 0.0478. The average Bonchev–Trinajstić information content (AvgIpc) is 3.30. The highest BCUT2D eigenvalue weighted by atomic mass is 35.5. The van der Waals surface area contributed by atoms with Crippen LogP contribution in [0.25, 0.3) is 5.69 Å². The summed E-state index contributed by atoms with van der Waals surface area (Å²) >= 11 is 5.91. The Morgan fingerprint density at radius 2 is 1.62 bits per heavy atom. The van der Waals surface area contributed by atoms with E-state index in [1.807, 2.05) is 82.5 Å². The SMILES string of the molecule is O=C(c1ccc(-n2cccc2)cc1)N1CCC(COCc2ccc(Cl)cc2)CC1. The van der Waals surface area contributed by atoms with Crippen LogP contribution in [0, 0.1) is 5.92 Å². The number of benzene rings is 2. The number of hydrogen-bond acceptors (Lipinski definition) is 2. The molecule has 1 aliphatic heterocycles. The molecule has 0 aliphatic carbocycles. The molecule has 1 aromatic heterocycles. The molecular formula is C24H25ClN2O2. The van der Waals surface area contributed by atoms with Gasteiger partial charge in [0.05, 0.1) is 6.61 Å². The van der Waals surface area contributed by atoms with E-state index in [2.05, 4.69) is 0 Å². The number of rotatable bonds is 6. The molecule has 0 atom stereocenters.